The van der Waals surface area contributed by atoms with E-state index in [4.69, 9.17) is 4.74 Å². The highest BCUT2D eigenvalue weighted by Crippen LogP contribution is 2.19. The number of nitrogens with one attached hydrogen (secondary N) is 1. The van der Waals surface area contributed by atoms with Gasteiger partial charge in [0.05, 0.1) is 12.0 Å². The number of carbonyl (C=O) groups excluding carboxylic acids is 1. The highest BCUT2D eigenvalue weighted by molar-refractivity contribution is 7.89. The van der Waals surface area contributed by atoms with Crippen molar-refractivity contribution in [3.63, 3.8) is 0 Å². The second kappa shape index (κ2) is 9.20. The van der Waals surface area contributed by atoms with E-state index in [2.05, 4.69) is 5.32 Å². The molecule has 1 fully saturated rings. The smallest absolute Gasteiger partial charge is 0.242 e. The predicted octanol–water partition coefficient (Wildman–Crippen LogP) is 2.54. The zero-order chi connectivity index (χ0) is 18.3. The van der Waals surface area contributed by atoms with Crippen molar-refractivity contribution in [2.24, 2.45) is 0 Å². The molecule has 0 unspecified atom stereocenters. The maximum Gasteiger partial charge on any atom is 0.242 e. The molecule has 1 saturated carbocycles. The largest absolute Gasteiger partial charge is 0.497 e. The molecule has 0 bridgehead atoms. The molecule has 0 aliphatic heterocycles. The van der Waals surface area contributed by atoms with Crippen molar-refractivity contribution in [1.82, 2.24) is 9.62 Å². The number of amides is 1. The summed E-state index contributed by atoms with van der Waals surface area (Å²) in [6, 6.07) is 6.60. The van der Waals surface area contributed by atoms with Gasteiger partial charge in [0, 0.05) is 26.1 Å². The molecule has 1 aliphatic carbocycles. The van der Waals surface area contributed by atoms with Crippen LogP contribution in [0.5, 0.6) is 5.75 Å². The molecular weight excluding hydrogens is 340 g/mol. The van der Waals surface area contributed by atoms with E-state index in [9.17, 15) is 13.2 Å². The number of ether oxygens (including phenoxy) is 1. The van der Waals surface area contributed by atoms with E-state index >= 15 is 0 Å². The molecule has 0 radical (unpaired) electrons. The number of rotatable bonds is 8. The molecule has 1 aromatic rings. The van der Waals surface area contributed by atoms with E-state index in [1.54, 1.807) is 19.2 Å². The average molecular weight is 368 g/mol. The minimum Gasteiger partial charge on any atom is -0.497 e. The summed E-state index contributed by atoms with van der Waals surface area (Å²) in [7, 11) is -0.467. The zero-order valence-corrected chi connectivity index (χ0v) is 15.8. The van der Waals surface area contributed by atoms with Gasteiger partial charge in [0.15, 0.2) is 0 Å². The molecular formula is C18H28N2O4S. The number of nitrogens with zero attached hydrogens (tertiary/aromatic N) is 1. The Balaban J connectivity index is 1.79. The van der Waals surface area contributed by atoms with Gasteiger partial charge in [0.1, 0.15) is 5.75 Å². The first-order valence-electron chi connectivity index (χ1n) is 8.83. The normalized spacial score (nSPS) is 16.0. The molecule has 0 aromatic heterocycles. The van der Waals surface area contributed by atoms with E-state index in [-0.39, 0.29) is 10.8 Å². The molecule has 140 valence electrons. The average Bonchev–Trinajstić information content (AvgIpc) is 2.62. The molecule has 1 aromatic carbocycles. The highest BCUT2D eigenvalue weighted by atomic mass is 32.2. The lowest BCUT2D eigenvalue weighted by Gasteiger charge is -2.23. The lowest BCUT2D eigenvalue weighted by Crippen LogP contribution is -2.36. The van der Waals surface area contributed by atoms with Gasteiger partial charge in [0.25, 0.3) is 0 Å². The standard InChI is InChI=1S/C18H28N2O4S/c1-20(25(22,23)17-12-10-16(24-2)11-13-17)14-6-9-18(21)19-15-7-4-3-5-8-15/h10-13,15H,3-9,14H2,1-2H3,(H,19,21). The molecule has 0 atom stereocenters. The quantitative estimate of drug-likeness (QED) is 0.765. The predicted molar refractivity (Wildman–Crippen MR) is 97.1 cm³/mol. The lowest BCUT2D eigenvalue weighted by atomic mass is 9.95. The summed E-state index contributed by atoms with van der Waals surface area (Å²) in [5.41, 5.74) is 0. The first kappa shape index (κ1) is 19.7. The third-order valence-corrected chi connectivity index (χ3v) is 6.49. The van der Waals surface area contributed by atoms with E-state index in [0.717, 1.165) is 12.8 Å². The second-order valence-electron chi connectivity index (χ2n) is 6.51. The summed E-state index contributed by atoms with van der Waals surface area (Å²) in [5.74, 6) is 0.628. The minimum atomic E-state index is -3.54. The number of hydrogen-bond donors (Lipinski definition) is 1. The summed E-state index contributed by atoms with van der Waals surface area (Å²) in [6.45, 7) is 0.312. The van der Waals surface area contributed by atoms with Crippen LogP contribution in [-0.2, 0) is 14.8 Å². The van der Waals surface area contributed by atoms with Crippen molar-refractivity contribution >= 4 is 15.9 Å². The van der Waals surface area contributed by atoms with Crippen LogP contribution >= 0.6 is 0 Å². The Labute approximate surface area is 150 Å². The van der Waals surface area contributed by atoms with Gasteiger partial charge in [-0.2, -0.15) is 0 Å². The molecule has 25 heavy (non-hydrogen) atoms. The van der Waals surface area contributed by atoms with Gasteiger partial charge in [-0.15, -0.1) is 0 Å². The van der Waals surface area contributed by atoms with E-state index in [1.165, 1.54) is 42.8 Å². The first-order valence-corrected chi connectivity index (χ1v) is 10.3. The van der Waals surface area contributed by atoms with Crippen molar-refractivity contribution < 1.29 is 17.9 Å². The summed E-state index contributed by atoms with van der Waals surface area (Å²) in [4.78, 5) is 12.2. The van der Waals surface area contributed by atoms with Crippen LogP contribution in [0.15, 0.2) is 29.2 Å². The molecule has 1 N–H and O–H groups in total. The van der Waals surface area contributed by atoms with Crippen molar-refractivity contribution in [2.75, 3.05) is 20.7 Å². The SMILES string of the molecule is COc1ccc(S(=O)(=O)N(C)CCCC(=O)NC2CCCCC2)cc1. The fourth-order valence-corrected chi connectivity index (χ4v) is 4.27. The lowest BCUT2D eigenvalue weighted by molar-refractivity contribution is -0.122. The monoisotopic (exact) mass is 368 g/mol. The van der Waals surface area contributed by atoms with Crippen LogP contribution in [0.4, 0.5) is 0 Å². The van der Waals surface area contributed by atoms with Crippen LogP contribution in [0.1, 0.15) is 44.9 Å². The zero-order valence-electron chi connectivity index (χ0n) is 15.0. The van der Waals surface area contributed by atoms with Gasteiger partial charge < -0.3 is 10.1 Å². The fourth-order valence-electron chi connectivity index (χ4n) is 3.06. The second-order valence-corrected chi connectivity index (χ2v) is 8.55. The molecule has 2 rings (SSSR count). The number of benzene rings is 1. The van der Waals surface area contributed by atoms with Gasteiger partial charge in [0.2, 0.25) is 15.9 Å². The van der Waals surface area contributed by atoms with Gasteiger partial charge >= 0.3 is 0 Å². The van der Waals surface area contributed by atoms with Crippen molar-refractivity contribution in [3.8, 4) is 5.75 Å². The summed E-state index contributed by atoms with van der Waals surface area (Å²) in [5, 5.41) is 3.05. The van der Waals surface area contributed by atoms with Crippen LogP contribution < -0.4 is 10.1 Å². The Bertz CT molecular complexity index is 652. The summed E-state index contributed by atoms with van der Waals surface area (Å²) in [6.07, 6.45) is 6.56. The van der Waals surface area contributed by atoms with Gasteiger partial charge in [-0.1, -0.05) is 19.3 Å². The van der Waals surface area contributed by atoms with E-state index in [1.807, 2.05) is 0 Å². The van der Waals surface area contributed by atoms with Gasteiger partial charge in [-0.05, 0) is 43.5 Å². The van der Waals surface area contributed by atoms with Crippen LogP contribution in [-0.4, -0.2) is 45.4 Å². The third kappa shape index (κ3) is 5.71. The Hall–Kier alpha value is -1.60. The molecule has 0 spiro atoms. The fraction of sp³-hybridized carbons (Fsp3) is 0.611. The number of carbonyl (C=O) groups is 1. The maximum atomic E-state index is 12.5. The topological polar surface area (TPSA) is 75.7 Å². The third-order valence-electron chi connectivity index (χ3n) is 4.61. The van der Waals surface area contributed by atoms with E-state index < -0.39 is 10.0 Å². The minimum absolute atomic E-state index is 0.0159. The molecule has 6 nitrogen and oxygen atoms in total. The summed E-state index contributed by atoms with van der Waals surface area (Å²) >= 11 is 0. The molecule has 0 heterocycles. The Morgan fingerprint density at radius 1 is 1.20 bits per heavy atom. The van der Waals surface area contributed by atoms with Crippen molar-refractivity contribution in [2.45, 2.75) is 55.9 Å². The van der Waals surface area contributed by atoms with Crippen LogP contribution in [0, 0.1) is 0 Å². The maximum absolute atomic E-state index is 12.5. The van der Waals surface area contributed by atoms with Crippen molar-refractivity contribution in [3.05, 3.63) is 24.3 Å². The van der Waals surface area contributed by atoms with Crippen LogP contribution in [0.25, 0.3) is 0 Å². The summed E-state index contributed by atoms with van der Waals surface area (Å²) < 4.78 is 31.4. The molecule has 0 saturated heterocycles. The number of sulfonamides is 1. The molecule has 1 amide bonds. The van der Waals surface area contributed by atoms with E-state index in [0.29, 0.717) is 31.2 Å². The van der Waals surface area contributed by atoms with Crippen LogP contribution in [0.2, 0.25) is 0 Å². The van der Waals surface area contributed by atoms with Crippen LogP contribution in [0.3, 0.4) is 0 Å². The Morgan fingerprint density at radius 3 is 2.44 bits per heavy atom. The number of methoxy groups -OCH3 is 1. The number of hydrogen-bond acceptors (Lipinski definition) is 4. The first-order chi connectivity index (χ1) is 11.9. The Kier molecular flexibility index (Phi) is 7.25. The van der Waals surface area contributed by atoms with Crippen molar-refractivity contribution in [1.29, 1.82) is 0 Å². The highest BCUT2D eigenvalue weighted by Gasteiger charge is 2.21. The molecule has 7 heteroatoms. The van der Waals surface area contributed by atoms with Gasteiger partial charge in [-0.25, -0.2) is 12.7 Å². The molecule has 1 aliphatic rings. The van der Waals surface area contributed by atoms with Gasteiger partial charge in [-0.3, -0.25) is 4.79 Å². The Morgan fingerprint density at radius 2 is 1.84 bits per heavy atom.